The molecule has 1 aromatic heterocycles. The summed E-state index contributed by atoms with van der Waals surface area (Å²) < 4.78 is 28.1. The van der Waals surface area contributed by atoms with Crippen LogP contribution in [0.4, 0.5) is 16.0 Å². The van der Waals surface area contributed by atoms with Crippen molar-refractivity contribution >= 4 is 40.9 Å². The first kappa shape index (κ1) is 30.4. The van der Waals surface area contributed by atoms with Gasteiger partial charge in [-0.05, 0) is 80.5 Å². The van der Waals surface area contributed by atoms with E-state index in [1.165, 1.54) is 17.8 Å². The number of hydrogen-bond donors (Lipinski definition) is 2. The molecule has 1 aliphatic rings. The zero-order valence-electron chi connectivity index (χ0n) is 24.6. The second kappa shape index (κ2) is 13.1. The number of amides is 1. The maximum absolute atomic E-state index is 14.4. The van der Waals surface area contributed by atoms with Crippen molar-refractivity contribution in [1.82, 2.24) is 14.8 Å². The highest BCUT2D eigenvalue weighted by Crippen LogP contribution is 2.40. The van der Waals surface area contributed by atoms with Crippen LogP contribution < -0.4 is 20.1 Å². The largest absolute Gasteiger partial charge is 0.490 e. The van der Waals surface area contributed by atoms with Gasteiger partial charge in [-0.25, -0.2) is 9.07 Å². The summed E-state index contributed by atoms with van der Waals surface area (Å²) in [5.41, 5.74) is 4.95. The molecule has 1 aliphatic heterocycles. The molecule has 2 heterocycles. The molecule has 224 valence electrons. The quantitative estimate of drug-likeness (QED) is 0.175. The number of nitrogens with one attached hydrogen (secondary N) is 2. The number of ether oxygens (including phenoxy) is 2. The summed E-state index contributed by atoms with van der Waals surface area (Å²) in [6.07, 6.45) is 0. The Balaban J connectivity index is 1.55. The molecule has 1 unspecified atom stereocenters. The molecule has 0 bridgehead atoms. The Morgan fingerprint density at radius 2 is 1.88 bits per heavy atom. The van der Waals surface area contributed by atoms with Crippen molar-refractivity contribution in [3.05, 3.63) is 99.0 Å². The number of anilines is 2. The monoisotopic (exact) mass is 621 g/mol. The van der Waals surface area contributed by atoms with E-state index in [2.05, 4.69) is 15.6 Å². The maximum Gasteiger partial charge on any atom is 0.255 e. The van der Waals surface area contributed by atoms with Gasteiger partial charge in [0.1, 0.15) is 18.5 Å². The first-order chi connectivity index (χ1) is 20.7. The number of aryl methyl sites for hydroxylation is 1. The van der Waals surface area contributed by atoms with Crippen molar-refractivity contribution in [3.63, 3.8) is 0 Å². The molecule has 4 aromatic rings. The van der Waals surface area contributed by atoms with Crippen LogP contribution in [0.25, 0.3) is 0 Å². The number of hydrogen-bond acceptors (Lipinski definition) is 7. The zero-order valence-corrected chi connectivity index (χ0v) is 26.2. The van der Waals surface area contributed by atoms with E-state index in [0.717, 1.165) is 28.1 Å². The zero-order chi connectivity index (χ0) is 30.7. The smallest absolute Gasteiger partial charge is 0.255 e. The molecule has 0 saturated heterocycles. The van der Waals surface area contributed by atoms with E-state index in [1.54, 1.807) is 22.9 Å². The Bertz CT molecular complexity index is 1690. The Labute approximate surface area is 259 Å². The minimum atomic E-state index is -0.616. The van der Waals surface area contributed by atoms with Crippen LogP contribution in [-0.4, -0.2) is 33.0 Å². The van der Waals surface area contributed by atoms with Gasteiger partial charge in [-0.15, -0.1) is 5.10 Å². The van der Waals surface area contributed by atoms with Crippen molar-refractivity contribution in [2.45, 2.75) is 52.4 Å². The van der Waals surface area contributed by atoms with Crippen LogP contribution in [0.1, 0.15) is 49.1 Å². The molecule has 0 saturated carbocycles. The van der Waals surface area contributed by atoms with Crippen LogP contribution >= 0.6 is 23.4 Å². The van der Waals surface area contributed by atoms with Crippen molar-refractivity contribution in [2.24, 2.45) is 0 Å². The summed E-state index contributed by atoms with van der Waals surface area (Å²) in [4.78, 5) is 18.6. The van der Waals surface area contributed by atoms with E-state index < -0.39 is 11.9 Å². The fourth-order valence-corrected chi connectivity index (χ4v) is 5.68. The molecule has 2 N–H and O–H groups in total. The third-order valence-corrected chi connectivity index (χ3v) is 8.30. The van der Waals surface area contributed by atoms with E-state index in [1.807, 2.05) is 65.0 Å². The average Bonchev–Trinajstić information content (AvgIpc) is 3.37. The van der Waals surface area contributed by atoms with Crippen molar-refractivity contribution < 1.29 is 18.7 Å². The van der Waals surface area contributed by atoms with E-state index in [4.69, 9.17) is 26.2 Å². The SMILES string of the molecule is CCOc1cc(C2C(C(=O)Nc3cccc(C)c3C)=C(C)Nc3nc(SCC)nn32)ccc1OCc1c(F)cccc1Cl. The van der Waals surface area contributed by atoms with E-state index in [0.29, 0.717) is 40.5 Å². The van der Waals surface area contributed by atoms with Gasteiger partial charge in [0, 0.05) is 16.9 Å². The number of thioether (sulfide) groups is 1. The third kappa shape index (κ3) is 6.35. The van der Waals surface area contributed by atoms with Crippen molar-refractivity contribution in [2.75, 3.05) is 23.0 Å². The van der Waals surface area contributed by atoms with E-state index in [-0.39, 0.29) is 23.1 Å². The Hall–Kier alpha value is -4.02. The molecule has 1 atom stereocenters. The fourth-order valence-electron chi connectivity index (χ4n) is 4.90. The number of carbonyl (C=O) groups is 1. The lowest BCUT2D eigenvalue weighted by atomic mass is 9.94. The molecule has 8 nitrogen and oxygen atoms in total. The molecular weight excluding hydrogens is 589 g/mol. The predicted molar refractivity (Wildman–Crippen MR) is 169 cm³/mol. The topological polar surface area (TPSA) is 90.3 Å². The van der Waals surface area contributed by atoms with Crippen LogP contribution in [0.15, 0.2) is 71.0 Å². The lowest BCUT2D eigenvalue weighted by molar-refractivity contribution is -0.113. The van der Waals surface area contributed by atoms with E-state index >= 15 is 0 Å². The van der Waals surface area contributed by atoms with Gasteiger partial charge >= 0.3 is 0 Å². The van der Waals surface area contributed by atoms with Gasteiger partial charge < -0.3 is 20.1 Å². The normalized spacial score (nSPS) is 14.3. The lowest BCUT2D eigenvalue weighted by Crippen LogP contribution is -2.31. The molecular formula is C32H33ClFN5O3S. The summed E-state index contributed by atoms with van der Waals surface area (Å²) in [5.74, 6) is 1.49. The molecule has 0 spiro atoms. The first-order valence-electron chi connectivity index (χ1n) is 14.0. The third-order valence-electron chi connectivity index (χ3n) is 7.22. The van der Waals surface area contributed by atoms with Crippen LogP contribution in [-0.2, 0) is 11.4 Å². The van der Waals surface area contributed by atoms with Gasteiger partial charge in [-0.1, -0.05) is 54.6 Å². The van der Waals surface area contributed by atoms with Gasteiger partial charge in [0.2, 0.25) is 11.1 Å². The number of benzene rings is 3. The summed E-state index contributed by atoms with van der Waals surface area (Å²) in [5, 5.41) is 12.0. The summed E-state index contributed by atoms with van der Waals surface area (Å²) >= 11 is 7.73. The number of nitrogens with zero attached hydrogens (tertiary/aromatic N) is 3. The minimum Gasteiger partial charge on any atom is -0.490 e. The molecule has 0 aliphatic carbocycles. The van der Waals surface area contributed by atoms with Gasteiger partial charge in [-0.2, -0.15) is 4.98 Å². The van der Waals surface area contributed by atoms with Crippen LogP contribution in [0.3, 0.4) is 0 Å². The number of rotatable bonds is 10. The lowest BCUT2D eigenvalue weighted by Gasteiger charge is -2.29. The highest BCUT2D eigenvalue weighted by atomic mass is 35.5. The summed E-state index contributed by atoms with van der Waals surface area (Å²) in [6.45, 7) is 10.0. The van der Waals surface area contributed by atoms with Crippen molar-refractivity contribution in [1.29, 1.82) is 0 Å². The number of aromatic nitrogens is 3. The molecule has 43 heavy (non-hydrogen) atoms. The van der Waals surface area contributed by atoms with Crippen LogP contribution in [0.2, 0.25) is 5.02 Å². The summed E-state index contributed by atoms with van der Waals surface area (Å²) in [6, 6.07) is 15.1. The molecule has 0 radical (unpaired) electrons. The van der Waals surface area contributed by atoms with Gasteiger partial charge in [0.15, 0.2) is 11.5 Å². The van der Waals surface area contributed by atoms with Gasteiger partial charge in [0.25, 0.3) is 5.91 Å². The highest BCUT2D eigenvalue weighted by Gasteiger charge is 2.35. The van der Waals surface area contributed by atoms with Crippen LogP contribution in [0.5, 0.6) is 11.5 Å². The summed E-state index contributed by atoms with van der Waals surface area (Å²) in [7, 11) is 0. The molecule has 0 fully saturated rings. The number of fused-ring (bicyclic) bond motifs is 1. The predicted octanol–water partition coefficient (Wildman–Crippen LogP) is 7.70. The Morgan fingerprint density at radius 1 is 1.09 bits per heavy atom. The first-order valence-corrected chi connectivity index (χ1v) is 15.3. The fraction of sp³-hybridized carbons (Fsp3) is 0.281. The maximum atomic E-state index is 14.4. The molecule has 5 rings (SSSR count). The van der Waals surface area contributed by atoms with E-state index in [9.17, 15) is 9.18 Å². The van der Waals surface area contributed by atoms with Crippen LogP contribution in [0, 0.1) is 19.7 Å². The van der Waals surface area contributed by atoms with Gasteiger partial charge in [-0.3, -0.25) is 4.79 Å². The molecule has 1 amide bonds. The molecule has 3 aromatic carbocycles. The van der Waals surface area contributed by atoms with Crippen molar-refractivity contribution in [3.8, 4) is 11.5 Å². The number of carbonyl (C=O) groups excluding carboxylic acids is 1. The van der Waals surface area contributed by atoms with Gasteiger partial charge in [0.05, 0.1) is 17.2 Å². The average molecular weight is 622 g/mol. The number of allylic oxidation sites excluding steroid dienone is 1. The standard InChI is InChI=1S/C32H33ClFN5O3S/c1-6-41-27-16-21(14-15-26(27)42-17-22-23(33)11-9-12-24(22)34)29-28(30(40)36-25-13-8-10-18(3)19(25)4)20(5)35-31-37-32(43-7-2)38-39(29)31/h8-16,29H,6-7,17H2,1-5H3,(H,36,40)(H,35,37,38). The molecule has 11 heteroatoms. The second-order valence-electron chi connectivity index (χ2n) is 9.99. The number of halogens is 2. The Kier molecular flexibility index (Phi) is 9.27. The Morgan fingerprint density at radius 3 is 2.63 bits per heavy atom. The highest BCUT2D eigenvalue weighted by molar-refractivity contribution is 7.99. The second-order valence-corrected chi connectivity index (χ2v) is 11.6. The minimum absolute atomic E-state index is 0.0778.